The van der Waals surface area contributed by atoms with E-state index in [0.717, 1.165) is 11.5 Å². The van der Waals surface area contributed by atoms with Crippen LogP contribution in [0.1, 0.15) is 13.2 Å². The summed E-state index contributed by atoms with van der Waals surface area (Å²) in [6.07, 6.45) is -2.74. The van der Waals surface area contributed by atoms with Gasteiger partial charge in [-0.15, -0.1) is 0 Å². The zero-order chi connectivity index (χ0) is 13.5. The highest BCUT2D eigenvalue weighted by atomic mass is 19.1. The summed E-state index contributed by atoms with van der Waals surface area (Å²) in [7, 11) is 0. The SMILES string of the molecule is C[C@@]1(F)C(O)C(CO)OC1n1ccc(N)nc1=O. The first-order valence-corrected chi connectivity index (χ1v) is 5.36. The number of halogens is 1. The largest absolute Gasteiger partial charge is 0.394 e. The Kier molecular flexibility index (Phi) is 3.09. The quantitative estimate of drug-likeness (QED) is 0.615. The van der Waals surface area contributed by atoms with E-state index in [-0.39, 0.29) is 5.82 Å². The number of aliphatic hydroxyl groups is 2. The van der Waals surface area contributed by atoms with E-state index >= 15 is 0 Å². The van der Waals surface area contributed by atoms with Crippen LogP contribution < -0.4 is 11.4 Å². The number of nitrogens with zero attached hydrogens (tertiary/aromatic N) is 2. The van der Waals surface area contributed by atoms with E-state index < -0.39 is 36.4 Å². The predicted molar refractivity (Wildman–Crippen MR) is 59.4 cm³/mol. The van der Waals surface area contributed by atoms with Crippen LogP contribution in [0.15, 0.2) is 17.1 Å². The number of nitrogens with two attached hydrogens (primary N) is 1. The van der Waals surface area contributed by atoms with Crippen LogP contribution in [0.25, 0.3) is 0 Å². The van der Waals surface area contributed by atoms with Gasteiger partial charge in [0.2, 0.25) is 0 Å². The lowest BCUT2D eigenvalue weighted by Crippen LogP contribution is -2.42. The van der Waals surface area contributed by atoms with Crippen LogP contribution in [-0.4, -0.2) is 44.2 Å². The average Bonchev–Trinajstić information content (AvgIpc) is 2.52. The first kappa shape index (κ1) is 12.9. The fourth-order valence-corrected chi connectivity index (χ4v) is 1.97. The molecule has 1 aromatic rings. The van der Waals surface area contributed by atoms with Crippen molar-refractivity contribution in [2.75, 3.05) is 12.3 Å². The highest BCUT2D eigenvalue weighted by Gasteiger charge is 2.55. The number of nitrogen functional groups attached to an aromatic ring is 1. The molecule has 0 aromatic carbocycles. The van der Waals surface area contributed by atoms with Gasteiger partial charge in [-0.2, -0.15) is 4.98 Å². The molecular formula is C10H14FN3O4. The summed E-state index contributed by atoms with van der Waals surface area (Å²) >= 11 is 0. The topological polar surface area (TPSA) is 111 Å². The van der Waals surface area contributed by atoms with Crippen molar-refractivity contribution < 1.29 is 19.3 Å². The lowest BCUT2D eigenvalue weighted by molar-refractivity contribution is -0.0610. The third-order valence-electron chi connectivity index (χ3n) is 3.00. The summed E-state index contributed by atoms with van der Waals surface area (Å²) in [4.78, 5) is 15.1. The van der Waals surface area contributed by atoms with Crippen molar-refractivity contribution in [2.24, 2.45) is 0 Å². The van der Waals surface area contributed by atoms with Crippen molar-refractivity contribution in [1.29, 1.82) is 0 Å². The van der Waals surface area contributed by atoms with Crippen LogP contribution in [0, 0.1) is 0 Å². The number of alkyl halides is 1. The lowest BCUT2D eigenvalue weighted by Gasteiger charge is -2.24. The number of anilines is 1. The molecule has 0 saturated carbocycles. The van der Waals surface area contributed by atoms with E-state index in [4.69, 9.17) is 15.6 Å². The van der Waals surface area contributed by atoms with Crippen molar-refractivity contribution in [1.82, 2.24) is 9.55 Å². The van der Waals surface area contributed by atoms with Crippen LogP contribution in [0.5, 0.6) is 0 Å². The molecule has 0 radical (unpaired) electrons. The number of hydrogen-bond acceptors (Lipinski definition) is 6. The van der Waals surface area contributed by atoms with Gasteiger partial charge >= 0.3 is 5.69 Å². The van der Waals surface area contributed by atoms with Gasteiger partial charge in [0.25, 0.3) is 0 Å². The lowest BCUT2D eigenvalue weighted by atomic mass is 9.98. The van der Waals surface area contributed by atoms with Gasteiger partial charge in [0, 0.05) is 6.20 Å². The van der Waals surface area contributed by atoms with Crippen LogP contribution >= 0.6 is 0 Å². The Bertz CT molecular complexity index is 504. The summed E-state index contributed by atoms with van der Waals surface area (Å²) in [5, 5.41) is 18.6. The highest BCUT2D eigenvalue weighted by molar-refractivity contribution is 5.23. The number of rotatable bonds is 2. The summed E-state index contributed by atoms with van der Waals surface area (Å²) in [6, 6.07) is 1.32. The molecule has 0 aliphatic carbocycles. The van der Waals surface area contributed by atoms with Crippen molar-refractivity contribution in [2.45, 2.75) is 31.0 Å². The molecule has 1 fully saturated rings. The van der Waals surface area contributed by atoms with Crippen molar-refractivity contribution >= 4 is 5.82 Å². The molecule has 8 heteroatoms. The first-order chi connectivity index (χ1) is 8.37. The van der Waals surface area contributed by atoms with E-state index in [0.29, 0.717) is 0 Å². The zero-order valence-corrected chi connectivity index (χ0v) is 9.65. The second-order valence-corrected chi connectivity index (χ2v) is 4.35. The van der Waals surface area contributed by atoms with E-state index in [1.165, 1.54) is 12.3 Å². The third kappa shape index (κ3) is 1.88. The number of aromatic nitrogens is 2. The van der Waals surface area contributed by atoms with Gasteiger partial charge in [0.15, 0.2) is 11.9 Å². The zero-order valence-electron chi connectivity index (χ0n) is 9.65. The van der Waals surface area contributed by atoms with E-state index in [2.05, 4.69) is 4.98 Å². The van der Waals surface area contributed by atoms with Crippen LogP contribution in [0.2, 0.25) is 0 Å². The Labute approximate surface area is 102 Å². The normalized spacial score (nSPS) is 35.9. The molecule has 0 bridgehead atoms. The van der Waals surface area contributed by atoms with Crippen LogP contribution in [0.4, 0.5) is 10.2 Å². The minimum Gasteiger partial charge on any atom is -0.394 e. The predicted octanol–water partition coefficient (Wildman–Crippen LogP) is -1.20. The van der Waals surface area contributed by atoms with Gasteiger partial charge in [-0.3, -0.25) is 4.57 Å². The van der Waals surface area contributed by atoms with Gasteiger partial charge < -0.3 is 20.7 Å². The maximum Gasteiger partial charge on any atom is 0.351 e. The van der Waals surface area contributed by atoms with Gasteiger partial charge in [0.1, 0.15) is 18.0 Å². The average molecular weight is 259 g/mol. The Morgan fingerprint density at radius 1 is 1.72 bits per heavy atom. The van der Waals surface area contributed by atoms with E-state index in [1.54, 1.807) is 0 Å². The third-order valence-corrected chi connectivity index (χ3v) is 3.00. The molecule has 18 heavy (non-hydrogen) atoms. The molecule has 1 saturated heterocycles. The second kappa shape index (κ2) is 4.30. The minimum absolute atomic E-state index is 0.00839. The highest BCUT2D eigenvalue weighted by Crippen LogP contribution is 2.40. The molecule has 1 aliphatic rings. The van der Waals surface area contributed by atoms with Gasteiger partial charge in [-0.05, 0) is 13.0 Å². The summed E-state index contributed by atoms with van der Waals surface area (Å²) in [5.74, 6) is 0.00839. The van der Waals surface area contributed by atoms with Gasteiger partial charge in [-0.1, -0.05) is 0 Å². The van der Waals surface area contributed by atoms with Crippen LogP contribution in [0.3, 0.4) is 0 Å². The molecule has 2 heterocycles. The first-order valence-electron chi connectivity index (χ1n) is 5.36. The van der Waals surface area contributed by atoms with Crippen molar-refractivity contribution in [3.8, 4) is 0 Å². The van der Waals surface area contributed by atoms with Crippen LogP contribution in [-0.2, 0) is 4.74 Å². The summed E-state index contributed by atoms with van der Waals surface area (Å²) < 4.78 is 20.4. The Morgan fingerprint density at radius 3 is 2.89 bits per heavy atom. The van der Waals surface area contributed by atoms with Crippen molar-refractivity contribution in [3.05, 3.63) is 22.7 Å². The molecule has 1 aromatic heterocycles. The number of ether oxygens (including phenoxy) is 1. The van der Waals surface area contributed by atoms with E-state index in [9.17, 15) is 14.3 Å². The maximum absolute atomic E-state index is 14.4. The molecule has 4 N–H and O–H groups in total. The minimum atomic E-state index is -2.21. The monoisotopic (exact) mass is 259 g/mol. The molecule has 4 atom stereocenters. The van der Waals surface area contributed by atoms with E-state index in [1.807, 2.05) is 0 Å². The molecule has 2 rings (SSSR count). The summed E-state index contributed by atoms with van der Waals surface area (Å²) in [6.45, 7) is 0.551. The smallest absolute Gasteiger partial charge is 0.351 e. The standard InChI is InChI=1S/C10H14FN3O4/c1-10(11)7(16)5(4-15)18-8(10)14-3-2-6(12)13-9(14)17/h2-3,5,7-8,15-16H,4H2,1H3,(H2,12,13,17)/t5?,7?,8?,10-/m1/s1. The molecule has 0 amide bonds. The van der Waals surface area contributed by atoms with Crippen molar-refractivity contribution in [3.63, 3.8) is 0 Å². The Morgan fingerprint density at radius 2 is 2.39 bits per heavy atom. The number of hydrogen-bond donors (Lipinski definition) is 3. The molecule has 100 valence electrons. The molecule has 3 unspecified atom stereocenters. The summed E-state index contributed by atoms with van der Waals surface area (Å²) in [5.41, 5.74) is 2.33. The van der Waals surface area contributed by atoms with Gasteiger partial charge in [-0.25, -0.2) is 9.18 Å². The fourth-order valence-electron chi connectivity index (χ4n) is 1.97. The van der Waals surface area contributed by atoms with Gasteiger partial charge in [0.05, 0.1) is 6.61 Å². The molecule has 1 aliphatic heterocycles. The molecular weight excluding hydrogens is 245 g/mol. The molecule has 0 spiro atoms. The Hall–Kier alpha value is -1.51. The maximum atomic E-state index is 14.4. The second-order valence-electron chi connectivity index (χ2n) is 4.35. The Balaban J connectivity index is 2.42. The fraction of sp³-hybridized carbons (Fsp3) is 0.600. The molecule has 7 nitrogen and oxygen atoms in total. The number of aliphatic hydroxyl groups excluding tert-OH is 2.